The Labute approximate surface area is 176 Å². The highest BCUT2D eigenvalue weighted by Crippen LogP contribution is 2.31. The first kappa shape index (κ1) is 23.9. The fourth-order valence-electron chi connectivity index (χ4n) is 2.44. The van der Waals surface area contributed by atoms with Gasteiger partial charge in [0.15, 0.2) is 24.8 Å². The maximum absolute atomic E-state index is 10.7. The van der Waals surface area contributed by atoms with Crippen LogP contribution < -0.4 is 0 Å². The Kier molecular flexibility index (Phi) is 8.48. The zero-order valence-electron chi connectivity index (χ0n) is 15.6. The van der Waals surface area contributed by atoms with Crippen molar-refractivity contribution in [2.45, 2.75) is 26.6 Å². The Balaban J connectivity index is 0.000000343. The Morgan fingerprint density at radius 1 is 0.767 bits per heavy atom. The number of rotatable bonds is 5. The van der Waals surface area contributed by atoms with E-state index >= 15 is 0 Å². The van der Waals surface area contributed by atoms with Crippen LogP contribution in [0.2, 0.25) is 0 Å². The van der Waals surface area contributed by atoms with Crippen molar-refractivity contribution in [1.29, 1.82) is 0 Å². The van der Waals surface area contributed by atoms with Crippen LogP contribution >= 0.6 is 0 Å². The molecule has 0 bridgehead atoms. The number of hydrogen-bond donors (Lipinski definition) is 1. The van der Waals surface area contributed by atoms with E-state index in [0.717, 1.165) is 0 Å². The molecular weight excluding hydrogens is 437 g/mol. The maximum Gasteiger partial charge on any atom is 0.485 e. The number of aliphatic hydroxyl groups is 1. The largest absolute Gasteiger partial charge is 0.741 e. The average molecular weight is 457 g/mol. The Bertz CT molecular complexity index is 968. The van der Waals surface area contributed by atoms with E-state index in [-0.39, 0.29) is 17.5 Å². The maximum atomic E-state index is 10.7. The van der Waals surface area contributed by atoms with E-state index in [1.165, 1.54) is 20.2 Å². The summed E-state index contributed by atoms with van der Waals surface area (Å²) in [6.07, 6.45) is 0.713. The molecule has 0 heterocycles. The van der Waals surface area contributed by atoms with Gasteiger partial charge in [-0.3, -0.25) is 0 Å². The molecule has 0 aliphatic rings. The third-order valence-corrected chi connectivity index (χ3v) is 6.60. The van der Waals surface area contributed by atoms with Crippen molar-refractivity contribution in [1.82, 2.24) is 0 Å². The van der Waals surface area contributed by atoms with E-state index in [2.05, 4.69) is 84.9 Å². The molecule has 3 aromatic carbocycles. The summed E-state index contributed by atoms with van der Waals surface area (Å²) >= 11 is 0. The summed E-state index contributed by atoms with van der Waals surface area (Å²) in [5, 5.41) is 9.06. The SMILES string of the molecule is O=S(=O)([O-])C(F)(F)F.OCCc1ccc([S+](c2ccccc2)c2ccccc2)cc1. The number of aliphatic hydroxyl groups excluding tert-OH is 1. The first-order valence-electron chi connectivity index (χ1n) is 8.70. The van der Waals surface area contributed by atoms with Gasteiger partial charge in [-0.2, -0.15) is 13.2 Å². The zero-order chi connectivity index (χ0) is 22.2. The monoisotopic (exact) mass is 456 g/mol. The van der Waals surface area contributed by atoms with Gasteiger partial charge in [0, 0.05) is 6.61 Å². The van der Waals surface area contributed by atoms with Gasteiger partial charge in [0.05, 0.1) is 10.9 Å². The molecule has 3 aromatic rings. The van der Waals surface area contributed by atoms with Crippen LogP contribution in [0.1, 0.15) is 5.56 Å². The predicted molar refractivity (Wildman–Crippen MR) is 108 cm³/mol. The second kappa shape index (κ2) is 10.6. The molecule has 1 N–H and O–H groups in total. The first-order valence-corrected chi connectivity index (χ1v) is 11.3. The molecule has 0 amide bonds. The van der Waals surface area contributed by atoms with E-state index in [4.69, 9.17) is 18.1 Å². The molecule has 0 unspecified atom stereocenters. The van der Waals surface area contributed by atoms with Crippen molar-refractivity contribution < 1.29 is 31.2 Å². The Hall–Kier alpha value is -2.33. The second-order valence-electron chi connectivity index (χ2n) is 5.95. The summed E-state index contributed by atoms with van der Waals surface area (Å²) in [6, 6.07) is 29.9. The van der Waals surface area contributed by atoms with Gasteiger partial charge in [-0.1, -0.05) is 48.5 Å². The fraction of sp³-hybridized carbons (Fsp3) is 0.143. The first-order chi connectivity index (χ1) is 14.1. The normalized spacial score (nSPS) is 11.7. The van der Waals surface area contributed by atoms with Crippen LogP contribution in [0.4, 0.5) is 13.2 Å². The Morgan fingerprint density at radius 2 is 1.13 bits per heavy atom. The molecule has 0 aliphatic heterocycles. The molecule has 0 spiro atoms. The molecule has 0 atom stereocenters. The van der Waals surface area contributed by atoms with Gasteiger partial charge in [-0.15, -0.1) is 0 Å². The molecule has 0 saturated carbocycles. The average Bonchev–Trinajstić information content (AvgIpc) is 2.70. The van der Waals surface area contributed by atoms with Crippen LogP contribution in [0.15, 0.2) is 99.6 Å². The van der Waals surface area contributed by atoms with Gasteiger partial charge < -0.3 is 9.66 Å². The molecular formula is C21H19F3O4S2. The minimum atomic E-state index is -6.09. The minimum absolute atomic E-state index is 0.0893. The van der Waals surface area contributed by atoms with Gasteiger partial charge in [0.2, 0.25) is 0 Å². The van der Waals surface area contributed by atoms with Crippen LogP contribution in [-0.2, 0) is 27.4 Å². The number of benzene rings is 3. The second-order valence-corrected chi connectivity index (χ2v) is 9.35. The summed E-state index contributed by atoms with van der Waals surface area (Å²) in [6.45, 7) is 0.197. The van der Waals surface area contributed by atoms with Crippen LogP contribution in [-0.4, -0.2) is 30.2 Å². The van der Waals surface area contributed by atoms with Crippen molar-refractivity contribution in [2.75, 3.05) is 6.61 Å². The summed E-state index contributed by atoms with van der Waals surface area (Å²) in [5.74, 6) is 0. The van der Waals surface area contributed by atoms with E-state index in [1.807, 2.05) is 0 Å². The molecule has 0 fully saturated rings. The van der Waals surface area contributed by atoms with E-state index < -0.39 is 15.6 Å². The quantitative estimate of drug-likeness (QED) is 0.351. The standard InChI is InChI=1S/C20H19OS.CHF3O3S/c21-16-15-17-11-13-20(14-12-17)22(18-7-3-1-4-8-18)19-9-5-2-6-10-19;2-1(3,4)8(5,6)7/h1-14,21H,15-16H2;(H,5,6,7)/q+1;/p-1. The lowest BCUT2D eigenvalue weighted by molar-refractivity contribution is -0.0517. The van der Waals surface area contributed by atoms with Crippen LogP contribution in [0.3, 0.4) is 0 Å². The minimum Gasteiger partial charge on any atom is -0.741 e. The predicted octanol–water partition coefficient (Wildman–Crippen LogP) is 4.37. The van der Waals surface area contributed by atoms with E-state index in [1.54, 1.807) is 0 Å². The van der Waals surface area contributed by atoms with Gasteiger partial charge in [0.1, 0.15) is 0 Å². The van der Waals surface area contributed by atoms with Crippen LogP contribution in [0.5, 0.6) is 0 Å². The molecule has 3 rings (SSSR count). The summed E-state index contributed by atoms with van der Waals surface area (Å²) < 4.78 is 58.9. The van der Waals surface area contributed by atoms with Crippen molar-refractivity contribution in [3.63, 3.8) is 0 Å². The highest BCUT2D eigenvalue weighted by atomic mass is 32.2. The van der Waals surface area contributed by atoms with Crippen LogP contribution in [0, 0.1) is 0 Å². The molecule has 30 heavy (non-hydrogen) atoms. The summed E-state index contributed by atoms with van der Waals surface area (Å²) in [4.78, 5) is 3.95. The molecule has 0 saturated heterocycles. The topological polar surface area (TPSA) is 77.4 Å². The molecule has 160 valence electrons. The summed E-state index contributed by atoms with van der Waals surface area (Å²) in [7, 11) is -6.18. The lowest BCUT2D eigenvalue weighted by atomic mass is 10.2. The highest BCUT2D eigenvalue weighted by molar-refractivity contribution is 7.97. The van der Waals surface area contributed by atoms with Crippen LogP contribution in [0.25, 0.3) is 0 Å². The molecule has 9 heteroatoms. The van der Waals surface area contributed by atoms with Gasteiger partial charge in [-0.25, -0.2) is 8.42 Å². The fourth-order valence-corrected chi connectivity index (χ4v) is 4.53. The van der Waals surface area contributed by atoms with Crippen molar-refractivity contribution in [3.8, 4) is 0 Å². The number of hydrogen-bond acceptors (Lipinski definition) is 4. The lowest BCUT2D eigenvalue weighted by Gasteiger charge is -2.08. The molecule has 0 aromatic heterocycles. The zero-order valence-corrected chi connectivity index (χ0v) is 17.3. The number of alkyl halides is 3. The smallest absolute Gasteiger partial charge is 0.485 e. The van der Waals surface area contributed by atoms with Gasteiger partial charge in [-0.05, 0) is 48.4 Å². The third kappa shape index (κ3) is 6.88. The van der Waals surface area contributed by atoms with Crippen molar-refractivity contribution in [2.24, 2.45) is 0 Å². The molecule has 0 aliphatic carbocycles. The molecule has 4 nitrogen and oxygen atoms in total. The Morgan fingerprint density at radius 3 is 1.47 bits per heavy atom. The van der Waals surface area contributed by atoms with E-state index in [0.29, 0.717) is 6.42 Å². The van der Waals surface area contributed by atoms with Crippen molar-refractivity contribution >= 4 is 21.0 Å². The number of halogens is 3. The molecule has 0 radical (unpaired) electrons. The highest BCUT2D eigenvalue weighted by Gasteiger charge is 2.37. The van der Waals surface area contributed by atoms with Crippen molar-refractivity contribution in [3.05, 3.63) is 90.5 Å². The summed E-state index contributed by atoms with van der Waals surface area (Å²) in [5.41, 5.74) is -4.47. The lowest BCUT2D eigenvalue weighted by Crippen LogP contribution is -2.21. The van der Waals surface area contributed by atoms with Gasteiger partial charge in [0.25, 0.3) is 0 Å². The van der Waals surface area contributed by atoms with E-state index in [9.17, 15) is 13.2 Å². The van der Waals surface area contributed by atoms with Gasteiger partial charge >= 0.3 is 5.51 Å². The third-order valence-electron chi connectivity index (χ3n) is 3.80.